The van der Waals surface area contributed by atoms with Gasteiger partial charge in [-0.15, -0.1) is 0 Å². The summed E-state index contributed by atoms with van der Waals surface area (Å²) in [7, 11) is 0. The van der Waals surface area contributed by atoms with E-state index in [1.54, 1.807) is 18.3 Å². The number of hydrogen-bond donors (Lipinski definition) is 1. The molecule has 1 unspecified atom stereocenters. The molecule has 7 nitrogen and oxygen atoms in total. The molecule has 0 saturated heterocycles. The lowest BCUT2D eigenvalue weighted by molar-refractivity contribution is -0.142. The van der Waals surface area contributed by atoms with E-state index in [1.165, 1.54) is 12.2 Å². The zero-order valence-corrected chi connectivity index (χ0v) is 17.2. The first kappa shape index (κ1) is 22.0. The van der Waals surface area contributed by atoms with Gasteiger partial charge >= 0.3 is 12.1 Å². The largest absolute Gasteiger partial charge is 0.508 e. The van der Waals surface area contributed by atoms with Crippen molar-refractivity contribution in [1.29, 1.82) is 0 Å². The first-order valence-electron chi connectivity index (χ1n) is 10.5. The van der Waals surface area contributed by atoms with Gasteiger partial charge in [-0.25, -0.2) is 9.59 Å². The highest BCUT2D eigenvalue weighted by atomic mass is 16.7. The van der Waals surface area contributed by atoms with E-state index in [1.807, 2.05) is 13.0 Å². The zero-order valence-electron chi connectivity index (χ0n) is 17.2. The van der Waals surface area contributed by atoms with Crippen LogP contribution in [-0.4, -0.2) is 40.5 Å². The van der Waals surface area contributed by atoms with Gasteiger partial charge in [-0.3, -0.25) is 4.98 Å². The number of aliphatic hydroxyl groups excluding tert-OH is 1. The Bertz CT molecular complexity index is 762. The van der Waals surface area contributed by atoms with Gasteiger partial charge in [-0.05, 0) is 69.1 Å². The lowest BCUT2D eigenvalue weighted by Gasteiger charge is -2.19. The highest BCUT2D eigenvalue weighted by Gasteiger charge is 2.38. The molecule has 1 aromatic heterocycles. The van der Waals surface area contributed by atoms with Gasteiger partial charge in [0.05, 0.1) is 17.9 Å². The first-order chi connectivity index (χ1) is 14.5. The van der Waals surface area contributed by atoms with Crippen molar-refractivity contribution in [3.63, 3.8) is 0 Å². The zero-order chi connectivity index (χ0) is 21.3. The fourth-order valence-electron chi connectivity index (χ4n) is 3.96. The Labute approximate surface area is 176 Å². The van der Waals surface area contributed by atoms with Crippen LogP contribution in [0.15, 0.2) is 48.7 Å². The highest BCUT2D eigenvalue weighted by Crippen LogP contribution is 2.38. The topological polar surface area (TPSA) is 95.0 Å². The molecule has 7 heteroatoms. The molecule has 2 aliphatic rings. The van der Waals surface area contributed by atoms with Crippen LogP contribution in [0.25, 0.3) is 0 Å². The van der Waals surface area contributed by atoms with E-state index in [2.05, 4.69) is 17.1 Å². The second kappa shape index (κ2) is 10.9. The molecule has 1 N–H and O–H groups in total. The van der Waals surface area contributed by atoms with Crippen LogP contribution in [0.3, 0.4) is 0 Å². The van der Waals surface area contributed by atoms with Crippen molar-refractivity contribution in [3.8, 4) is 0 Å². The average molecular weight is 415 g/mol. The number of nitrogens with zero attached hydrogens (tertiary/aromatic N) is 1. The number of fused-ring (bicyclic) bond motifs is 1. The van der Waals surface area contributed by atoms with E-state index in [-0.39, 0.29) is 30.7 Å². The summed E-state index contributed by atoms with van der Waals surface area (Å²) in [6, 6.07) is 5.37. The third-order valence-corrected chi connectivity index (χ3v) is 5.50. The molecule has 0 aromatic carbocycles. The Morgan fingerprint density at radius 2 is 2.17 bits per heavy atom. The van der Waals surface area contributed by atoms with Crippen LogP contribution in [0, 0.1) is 11.8 Å². The summed E-state index contributed by atoms with van der Waals surface area (Å²) in [6.45, 7) is 1.92. The molecule has 2 heterocycles. The van der Waals surface area contributed by atoms with Crippen LogP contribution in [0.5, 0.6) is 0 Å². The minimum absolute atomic E-state index is 0.0467. The van der Waals surface area contributed by atoms with Gasteiger partial charge < -0.3 is 19.3 Å². The van der Waals surface area contributed by atoms with Crippen molar-refractivity contribution < 1.29 is 28.9 Å². The summed E-state index contributed by atoms with van der Waals surface area (Å²) in [4.78, 5) is 28.1. The summed E-state index contributed by atoms with van der Waals surface area (Å²) < 4.78 is 15.9. The van der Waals surface area contributed by atoms with E-state index in [4.69, 9.17) is 14.2 Å². The van der Waals surface area contributed by atoms with E-state index in [0.29, 0.717) is 18.5 Å². The summed E-state index contributed by atoms with van der Waals surface area (Å²) in [5, 5.41) is 10.6. The number of pyridine rings is 1. The number of ether oxygens (including phenoxy) is 3. The first-order valence-corrected chi connectivity index (χ1v) is 10.5. The van der Waals surface area contributed by atoms with Crippen LogP contribution in [0.1, 0.15) is 44.7 Å². The fourth-order valence-corrected chi connectivity index (χ4v) is 3.96. The molecule has 30 heavy (non-hydrogen) atoms. The van der Waals surface area contributed by atoms with Crippen LogP contribution in [0.2, 0.25) is 0 Å². The second-order valence-corrected chi connectivity index (χ2v) is 7.85. The van der Waals surface area contributed by atoms with Gasteiger partial charge in [-0.1, -0.05) is 18.2 Å². The lowest BCUT2D eigenvalue weighted by atomic mass is 9.90. The van der Waals surface area contributed by atoms with E-state index in [0.717, 1.165) is 19.3 Å². The average Bonchev–Trinajstić information content (AvgIpc) is 3.13. The van der Waals surface area contributed by atoms with Crippen molar-refractivity contribution in [2.24, 2.45) is 11.8 Å². The molecule has 3 rings (SSSR count). The summed E-state index contributed by atoms with van der Waals surface area (Å²) in [5.74, 6) is -0.557. The molecular formula is C23H29NO6. The van der Waals surface area contributed by atoms with Crippen molar-refractivity contribution in [3.05, 3.63) is 54.4 Å². The van der Waals surface area contributed by atoms with Gasteiger partial charge in [0.25, 0.3) is 0 Å². The van der Waals surface area contributed by atoms with Crippen molar-refractivity contribution in [1.82, 2.24) is 4.98 Å². The minimum Gasteiger partial charge on any atom is -0.460 e. The molecule has 0 bridgehead atoms. The number of aliphatic hydroxyl groups is 1. The van der Waals surface area contributed by atoms with Crippen LogP contribution < -0.4 is 0 Å². The number of cyclic esters (lactones) is 1. The number of carbonyl (C=O) groups is 2. The minimum atomic E-state index is -0.832. The number of carbonyl (C=O) groups excluding carboxylic acids is 2. The molecule has 0 spiro atoms. The molecule has 0 amide bonds. The quantitative estimate of drug-likeness (QED) is 0.594. The number of aromatic nitrogens is 1. The molecule has 1 fully saturated rings. The Hall–Kier alpha value is -2.67. The van der Waals surface area contributed by atoms with E-state index >= 15 is 0 Å². The van der Waals surface area contributed by atoms with Gasteiger partial charge in [0, 0.05) is 12.3 Å². The molecule has 1 aromatic rings. The third kappa shape index (κ3) is 6.69. The number of allylic oxidation sites excluding steroid dienone is 2. The lowest BCUT2D eigenvalue weighted by Crippen LogP contribution is -2.22. The Balaban J connectivity index is 1.58. The van der Waals surface area contributed by atoms with E-state index in [9.17, 15) is 14.7 Å². The van der Waals surface area contributed by atoms with Gasteiger partial charge in [0.1, 0.15) is 12.7 Å². The molecule has 1 saturated carbocycles. The maximum Gasteiger partial charge on any atom is 0.508 e. The van der Waals surface area contributed by atoms with Crippen LogP contribution in [-0.2, 0) is 25.6 Å². The molecule has 0 radical (unpaired) electrons. The molecule has 162 valence electrons. The third-order valence-electron chi connectivity index (χ3n) is 5.50. The molecular weight excluding hydrogens is 386 g/mol. The summed E-state index contributed by atoms with van der Waals surface area (Å²) >= 11 is 0. The van der Waals surface area contributed by atoms with Gasteiger partial charge in [0.2, 0.25) is 0 Å². The smallest absolute Gasteiger partial charge is 0.460 e. The van der Waals surface area contributed by atoms with Crippen molar-refractivity contribution in [2.75, 3.05) is 0 Å². The molecule has 5 atom stereocenters. The number of rotatable bonds is 3. The predicted octanol–water partition coefficient (Wildman–Crippen LogP) is 3.72. The normalized spacial score (nSPS) is 31.8. The van der Waals surface area contributed by atoms with Crippen molar-refractivity contribution in [2.45, 2.75) is 63.9 Å². The van der Waals surface area contributed by atoms with E-state index < -0.39 is 18.2 Å². The van der Waals surface area contributed by atoms with Crippen molar-refractivity contribution >= 4 is 12.1 Å². The fraction of sp³-hybridized carbons (Fsp3) is 0.522. The Morgan fingerprint density at radius 1 is 1.30 bits per heavy atom. The van der Waals surface area contributed by atoms with Crippen LogP contribution >= 0.6 is 0 Å². The summed E-state index contributed by atoms with van der Waals surface area (Å²) in [6.07, 6.45) is 10.2. The summed E-state index contributed by atoms with van der Waals surface area (Å²) in [5.41, 5.74) is 0.641. The maximum atomic E-state index is 12.1. The van der Waals surface area contributed by atoms with Crippen LogP contribution in [0.4, 0.5) is 4.79 Å². The Kier molecular flexibility index (Phi) is 8.02. The highest BCUT2D eigenvalue weighted by molar-refractivity contribution is 5.82. The predicted molar refractivity (Wildman–Crippen MR) is 109 cm³/mol. The molecule has 1 aliphatic carbocycles. The second-order valence-electron chi connectivity index (χ2n) is 7.85. The van der Waals surface area contributed by atoms with Gasteiger partial charge in [0.15, 0.2) is 0 Å². The molecule has 1 aliphatic heterocycles. The van der Waals surface area contributed by atoms with Gasteiger partial charge in [-0.2, -0.15) is 0 Å². The SMILES string of the molecule is C[C@H]1CCC/C=C/C2C[C@H](OC(=O)OCc3ccccn3)C[C@H]2[C@H](O)/C=C/C(=O)O1. The number of hydrogen-bond acceptors (Lipinski definition) is 7. The Morgan fingerprint density at radius 3 is 2.97 bits per heavy atom. The monoisotopic (exact) mass is 415 g/mol. The standard InChI is InChI=1S/C23H29NO6/c1-16-7-3-2-4-8-17-13-19(14-20(17)21(25)10-11-22(26)29-16)30-23(27)28-15-18-9-5-6-12-24-18/h4-6,8-12,16-17,19-21,25H,2-3,7,13-15H2,1H3/b8-4+,11-10+/t16-,17?,19-,20+,21+/m0/s1. The number of esters is 1. The maximum absolute atomic E-state index is 12.1.